The van der Waals surface area contributed by atoms with Gasteiger partial charge in [0, 0.05) is 54.8 Å². The second-order valence-corrected chi connectivity index (χ2v) is 6.35. The first kappa shape index (κ1) is 18.0. The van der Waals surface area contributed by atoms with E-state index in [1.165, 1.54) is 0 Å². The second-order valence-electron chi connectivity index (χ2n) is 6.35. The first-order valence-corrected chi connectivity index (χ1v) is 8.67. The molecule has 26 heavy (non-hydrogen) atoms. The van der Waals surface area contributed by atoms with Gasteiger partial charge in [0.05, 0.1) is 14.2 Å². The standard InChI is InChI=1S/C19H24N4O3/c1-13-4-7-20-19(21-13)23-8-5-14(6-9-23)18(24)22-15-10-16(25-2)12-17(11-15)26-3/h4,7,10-12,14H,5-6,8-9H2,1-3H3,(H,22,24). The fraction of sp³-hybridized carbons (Fsp3) is 0.421. The predicted octanol–water partition coefficient (Wildman–Crippen LogP) is 2.66. The van der Waals surface area contributed by atoms with Crippen molar-refractivity contribution in [1.29, 1.82) is 0 Å². The second kappa shape index (κ2) is 8.03. The quantitative estimate of drug-likeness (QED) is 0.888. The lowest BCUT2D eigenvalue weighted by Gasteiger charge is -2.31. The lowest BCUT2D eigenvalue weighted by atomic mass is 9.96. The molecule has 1 aliphatic rings. The molecule has 1 saturated heterocycles. The van der Waals surface area contributed by atoms with Crippen LogP contribution in [0.3, 0.4) is 0 Å². The molecule has 1 amide bonds. The summed E-state index contributed by atoms with van der Waals surface area (Å²) in [5, 5.41) is 2.98. The van der Waals surface area contributed by atoms with Crippen molar-refractivity contribution in [2.24, 2.45) is 5.92 Å². The molecule has 1 aromatic heterocycles. The molecule has 7 heteroatoms. The zero-order chi connectivity index (χ0) is 18.5. The summed E-state index contributed by atoms with van der Waals surface area (Å²) >= 11 is 0. The van der Waals surface area contributed by atoms with Crippen LogP contribution in [0.4, 0.5) is 11.6 Å². The SMILES string of the molecule is COc1cc(NC(=O)C2CCN(c3nccc(C)n3)CC2)cc(OC)c1. The van der Waals surface area contributed by atoms with Gasteiger partial charge >= 0.3 is 0 Å². The van der Waals surface area contributed by atoms with Crippen molar-refractivity contribution in [3.05, 3.63) is 36.2 Å². The van der Waals surface area contributed by atoms with Crippen molar-refractivity contribution in [1.82, 2.24) is 9.97 Å². The Bertz CT molecular complexity index is 751. The third kappa shape index (κ3) is 4.22. The molecule has 0 atom stereocenters. The van der Waals surface area contributed by atoms with Crippen LogP contribution in [0, 0.1) is 12.8 Å². The maximum Gasteiger partial charge on any atom is 0.227 e. The third-order valence-electron chi connectivity index (χ3n) is 4.55. The van der Waals surface area contributed by atoms with Crippen molar-refractivity contribution in [3.8, 4) is 11.5 Å². The molecule has 7 nitrogen and oxygen atoms in total. The molecule has 1 fully saturated rings. The number of methoxy groups -OCH3 is 2. The summed E-state index contributed by atoms with van der Waals surface area (Å²) in [6.07, 6.45) is 3.31. The number of carbonyl (C=O) groups is 1. The number of piperidine rings is 1. The van der Waals surface area contributed by atoms with E-state index in [1.54, 1.807) is 38.6 Å². The summed E-state index contributed by atoms with van der Waals surface area (Å²) in [6.45, 7) is 3.49. The number of hydrogen-bond acceptors (Lipinski definition) is 6. The highest BCUT2D eigenvalue weighted by atomic mass is 16.5. The molecule has 0 saturated carbocycles. The number of carbonyl (C=O) groups excluding carboxylic acids is 1. The molecule has 1 aliphatic heterocycles. The minimum atomic E-state index is -0.0340. The minimum Gasteiger partial charge on any atom is -0.497 e. The van der Waals surface area contributed by atoms with Gasteiger partial charge in [-0.1, -0.05) is 0 Å². The van der Waals surface area contributed by atoms with E-state index in [2.05, 4.69) is 20.2 Å². The fourth-order valence-corrected chi connectivity index (χ4v) is 3.05. The Kier molecular flexibility index (Phi) is 5.55. The average Bonchev–Trinajstić information content (AvgIpc) is 2.67. The van der Waals surface area contributed by atoms with Crippen LogP contribution >= 0.6 is 0 Å². The Labute approximate surface area is 153 Å². The number of nitrogens with one attached hydrogen (secondary N) is 1. The van der Waals surface area contributed by atoms with Crippen LogP contribution in [0.1, 0.15) is 18.5 Å². The molecular formula is C19H24N4O3. The molecule has 1 aromatic carbocycles. The topological polar surface area (TPSA) is 76.6 Å². The number of rotatable bonds is 5. The summed E-state index contributed by atoms with van der Waals surface area (Å²) < 4.78 is 10.5. The largest absolute Gasteiger partial charge is 0.497 e. The molecular weight excluding hydrogens is 332 g/mol. The number of benzene rings is 1. The Balaban J connectivity index is 1.60. The van der Waals surface area contributed by atoms with E-state index in [0.29, 0.717) is 17.2 Å². The highest BCUT2D eigenvalue weighted by Crippen LogP contribution is 2.27. The van der Waals surface area contributed by atoms with Crippen molar-refractivity contribution in [3.63, 3.8) is 0 Å². The molecule has 3 rings (SSSR count). The lowest BCUT2D eigenvalue weighted by Crippen LogP contribution is -2.39. The monoisotopic (exact) mass is 356 g/mol. The Morgan fingerprint density at radius 1 is 1.15 bits per heavy atom. The van der Waals surface area contributed by atoms with E-state index in [9.17, 15) is 4.79 Å². The van der Waals surface area contributed by atoms with Gasteiger partial charge in [-0.2, -0.15) is 0 Å². The van der Waals surface area contributed by atoms with Crippen molar-refractivity contribution in [2.45, 2.75) is 19.8 Å². The Morgan fingerprint density at radius 2 is 1.81 bits per heavy atom. The van der Waals surface area contributed by atoms with E-state index < -0.39 is 0 Å². The summed E-state index contributed by atoms with van der Waals surface area (Å²) in [7, 11) is 3.17. The van der Waals surface area contributed by atoms with Crippen LogP contribution in [-0.2, 0) is 4.79 Å². The Hall–Kier alpha value is -2.83. The molecule has 0 aliphatic carbocycles. The van der Waals surface area contributed by atoms with Crippen molar-refractivity contribution < 1.29 is 14.3 Å². The number of ether oxygens (including phenoxy) is 2. The first-order valence-electron chi connectivity index (χ1n) is 8.67. The molecule has 0 radical (unpaired) electrons. The van der Waals surface area contributed by atoms with Gasteiger partial charge in [-0.05, 0) is 25.8 Å². The normalized spacial score (nSPS) is 14.8. The lowest BCUT2D eigenvalue weighted by molar-refractivity contribution is -0.120. The maximum absolute atomic E-state index is 12.6. The van der Waals surface area contributed by atoms with Gasteiger partial charge < -0.3 is 19.7 Å². The predicted molar refractivity (Wildman–Crippen MR) is 99.9 cm³/mol. The number of nitrogens with zero attached hydrogens (tertiary/aromatic N) is 3. The third-order valence-corrected chi connectivity index (χ3v) is 4.55. The molecule has 138 valence electrons. The van der Waals surface area contributed by atoms with Gasteiger partial charge in [0.25, 0.3) is 0 Å². The summed E-state index contributed by atoms with van der Waals surface area (Å²) in [5.41, 5.74) is 1.62. The van der Waals surface area contributed by atoms with E-state index in [1.807, 2.05) is 13.0 Å². The fourth-order valence-electron chi connectivity index (χ4n) is 3.05. The highest BCUT2D eigenvalue weighted by Gasteiger charge is 2.26. The zero-order valence-electron chi connectivity index (χ0n) is 15.4. The average molecular weight is 356 g/mol. The number of amides is 1. The summed E-state index contributed by atoms with van der Waals surface area (Å²) in [5.74, 6) is 2.01. The molecule has 0 spiro atoms. The van der Waals surface area contributed by atoms with E-state index in [-0.39, 0.29) is 11.8 Å². The number of aryl methyl sites for hydroxylation is 1. The van der Waals surface area contributed by atoms with E-state index in [0.717, 1.165) is 37.6 Å². The number of aromatic nitrogens is 2. The molecule has 0 bridgehead atoms. The van der Waals surface area contributed by atoms with Gasteiger partial charge in [-0.3, -0.25) is 4.79 Å². The summed E-state index contributed by atoms with van der Waals surface area (Å²) in [6, 6.07) is 7.23. The minimum absolute atomic E-state index is 0.0186. The van der Waals surface area contributed by atoms with Crippen LogP contribution in [0.5, 0.6) is 11.5 Å². The van der Waals surface area contributed by atoms with Gasteiger partial charge in [0.2, 0.25) is 11.9 Å². The van der Waals surface area contributed by atoms with Crippen LogP contribution in [0.25, 0.3) is 0 Å². The number of anilines is 2. The van der Waals surface area contributed by atoms with Crippen LogP contribution in [0.2, 0.25) is 0 Å². The van der Waals surface area contributed by atoms with Crippen LogP contribution in [0.15, 0.2) is 30.5 Å². The smallest absolute Gasteiger partial charge is 0.227 e. The molecule has 2 heterocycles. The van der Waals surface area contributed by atoms with E-state index >= 15 is 0 Å². The molecule has 0 unspecified atom stereocenters. The highest BCUT2D eigenvalue weighted by molar-refractivity contribution is 5.93. The zero-order valence-corrected chi connectivity index (χ0v) is 15.4. The van der Waals surface area contributed by atoms with Crippen molar-refractivity contribution in [2.75, 3.05) is 37.5 Å². The van der Waals surface area contributed by atoms with Crippen LogP contribution in [-0.4, -0.2) is 43.2 Å². The number of hydrogen-bond donors (Lipinski definition) is 1. The van der Waals surface area contributed by atoms with E-state index in [4.69, 9.17) is 9.47 Å². The van der Waals surface area contributed by atoms with Crippen LogP contribution < -0.4 is 19.7 Å². The van der Waals surface area contributed by atoms with Gasteiger partial charge in [0.1, 0.15) is 11.5 Å². The maximum atomic E-state index is 12.6. The molecule has 2 aromatic rings. The van der Waals surface area contributed by atoms with Crippen molar-refractivity contribution >= 4 is 17.5 Å². The Morgan fingerprint density at radius 3 is 2.38 bits per heavy atom. The van der Waals surface area contributed by atoms with Gasteiger partial charge in [-0.15, -0.1) is 0 Å². The van der Waals surface area contributed by atoms with Gasteiger partial charge in [-0.25, -0.2) is 9.97 Å². The van der Waals surface area contributed by atoms with Gasteiger partial charge in [0.15, 0.2) is 0 Å². The first-order chi connectivity index (χ1) is 12.6. The summed E-state index contributed by atoms with van der Waals surface area (Å²) in [4.78, 5) is 23.5. The molecule has 1 N–H and O–H groups in total.